The maximum atomic E-state index is 14.0. The number of pyridine rings is 1. The number of fused-ring (bicyclic) bond motifs is 3. The van der Waals surface area contributed by atoms with Crippen LogP contribution in [-0.4, -0.2) is 29.1 Å². The minimum Gasteiger partial charge on any atom is -0.373 e. The molecule has 9 heteroatoms. The van der Waals surface area contributed by atoms with Gasteiger partial charge in [-0.15, -0.1) is 0 Å². The number of benzene rings is 2. The van der Waals surface area contributed by atoms with Gasteiger partial charge in [-0.25, -0.2) is 13.6 Å². The van der Waals surface area contributed by atoms with Crippen LogP contribution < -0.4 is 10.9 Å². The molecule has 2 amide bonds. The van der Waals surface area contributed by atoms with Crippen molar-refractivity contribution in [1.82, 2.24) is 9.88 Å². The Kier molecular flexibility index (Phi) is 5.44. The zero-order valence-corrected chi connectivity index (χ0v) is 16.7. The highest BCUT2D eigenvalue weighted by Crippen LogP contribution is 2.34. The summed E-state index contributed by atoms with van der Waals surface area (Å²) in [6.07, 6.45) is 0. The van der Waals surface area contributed by atoms with Crippen molar-refractivity contribution in [1.29, 1.82) is 0 Å². The molecule has 0 spiro atoms. The lowest BCUT2D eigenvalue weighted by Crippen LogP contribution is -2.42. The first kappa shape index (κ1) is 20.3. The average Bonchev–Trinajstić information content (AvgIpc) is 2.71. The van der Waals surface area contributed by atoms with Crippen LogP contribution in [0.3, 0.4) is 0 Å². The number of aromatic nitrogens is 1. The lowest BCUT2D eigenvalue weighted by molar-refractivity contribution is 0.0471. The van der Waals surface area contributed by atoms with E-state index in [1.54, 1.807) is 6.92 Å². The largest absolute Gasteiger partial charge is 0.373 e. The fourth-order valence-electron chi connectivity index (χ4n) is 3.74. The number of halogens is 3. The van der Waals surface area contributed by atoms with E-state index in [2.05, 4.69) is 10.3 Å². The molecule has 1 aliphatic rings. The van der Waals surface area contributed by atoms with Crippen molar-refractivity contribution in [3.63, 3.8) is 0 Å². The summed E-state index contributed by atoms with van der Waals surface area (Å²) < 4.78 is 33.0. The van der Waals surface area contributed by atoms with E-state index in [1.165, 1.54) is 35.2 Å². The van der Waals surface area contributed by atoms with Crippen LogP contribution in [0.15, 0.2) is 41.2 Å². The molecule has 0 fully saturated rings. The molecule has 0 bridgehead atoms. The van der Waals surface area contributed by atoms with E-state index in [0.717, 1.165) is 6.07 Å². The van der Waals surface area contributed by atoms with Crippen molar-refractivity contribution in [3.05, 3.63) is 74.7 Å². The first-order valence-corrected chi connectivity index (χ1v) is 9.71. The lowest BCUT2D eigenvalue weighted by Gasteiger charge is -2.35. The van der Waals surface area contributed by atoms with Gasteiger partial charge in [0, 0.05) is 28.9 Å². The molecule has 1 atom stereocenters. The van der Waals surface area contributed by atoms with E-state index in [1.807, 2.05) is 0 Å². The summed E-state index contributed by atoms with van der Waals surface area (Å²) in [6.45, 7) is 2.43. The summed E-state index contributed by atoms with van der Waals surface area (Å²) in [4.78, 5) is 29.7. The number of likely N-dealkylation sites (N-methyl/N-ethyl adjacent to an activating group) is 1. The zero-order chi connectivity index (χ0) is 21.4. The van der Waals surface area contributed by atoms with Gasteiger partial charge >= 0.3 is 6.03 Å². The number of hydrogen-bond acceptors (Lipinski definition) is 3. The van der Waals surface area contributed by atoms with Crippen molar-refractivity contribution >= 4 is 34.1 Å². The molecule has 0 unspecified atom stereocenters. The predicted molar refractivity (Wildman–Crippen MR) is 110 cm³/mol. The second-order valence-electron chi connectivity index (χ2n) is 6.91. The lowest BCUT2D eigenvalue weighted by atomic mass is 9.95. The van der Waals surface area contributed by atoms with Gasteiger partial charge in [-0.2, -0.15) is 0 Å². The van der Waals surface area contributed by atoms with E-state index in [4.69, 9.17) is 16.3 Å². The molecule has 1 aliphatic heterocycles. The van der Waals surface area contributed by atoms with Gasteiger partial charge in [0.15, 0.2) is 0 Å². The number of nitrogens with zero attached hydrogens (tertiary/aromatic N) is 1. The van der Waals surface area contributed by atoms with E-state index in [0.29, 0.717) is 34.3 Å². The van der Waals surface area contributed by atoms with Crippen molar-refractivity contribution in [2.75, 3.05) is 18.5 Å². The Morgan fingerprint density at radius 1 is 1.27 bits per heavy atom. The molecule has 1 aromatic heterocycles. The number of H-pyrrole nitrogens is 1. The number of carbonyl (C=O) groups is 1. The van der Waals surface area contributed by atoms with Crippen LogP contribution in [0.1, 0.15) is 24.2 Å². The highest BCUT2D eigenvalue weighted by molar-refractivity contribution is 6.31. The van der Waals surface area contributed by atoms with Gasteiger partial charge in [0.2, 0.25) is 0 Å². The molecule has 0 saturated heterocycles. The zero-order valence-electron chi connectivity index (χ0n) is 16.0. The second kappa shape index (κ2) is 8.04. The van der Waals surface area contributed by atoms with Crippen LogP contribution in [0.4, 0.5) is 19.3 Å². The van der Waals surface area contributed by atoms with Crippen LogP contribution in [0, 0.1) is 11.6 Å². The van der Waals surface area contributed by atoms with Gasteiger partial charge in [-0.3, -0.25) is 4.79 Å². The molecule has 6 nitrogen and oxygen atoms in total. The molecule has 156 valence electrons. The van der Waals surface area contributed by atoms with Crippen LogP contribution in [-0.2, 0) is 11.3 Å². The Morgan fingerprint density at radius 2 is 2.07 bits per heavy atom. The molecule has 2 N–H and O–H groups in total. The van der Waals surface area contributed by atoms with Crippen LogP contribution in [0.2, 0.25) is 5.02 Å². The van der Waals surface area contributed by atoms with Gasteiger partial charge in [0.25, 0.3) is 5.56 Å². The minimum absolute atomic E-state index is 0.110. The number of nitrogens with one attached hydrogen (secondary N) is 2. The fraction of sp³-hybridized carbons (Fsp3) is 0.238. The monoisotopic (exact) mass is 433 g/mol. The summed E-state index contributed by atoms with van der Waals surface area (Å²) in [5, 5.41) is 3.36. The summed E-state index contributed by atoms with van der Waals surface area (Å²) in [5.41, 5.74) is 1.13. The number of aromatic amines is 1. The number of urea groups is 1. The Hall–Kier alpha value is -2.97. The maximum absolute atomic E-state index is 14.0. The van der Waals surface area contributed by atoms with Gasteiger partial charge in [-0.1, -0.05) is 11.6 Å². The number of hydrogen-bond donors (Lipinski definition) is 2. The van der Waals surface area contributed by atoms with Crippen LogP contribution >= 0.6 is 11.6 Å². The second-order valence-corrected chi connectivity index (χ2v) is 7.32. The van der Waals surface area contributed by atoms with Crippen LogP contribution in [0.25, 0.3) is 10.8 Å². The molecule has 4 rings (SSSR count). The number of anilines is 1. The number of amides is 2. The summed E-state index contributed by atoms with van der Waals surface area (Å²) in [5.74, 6) is -1.07. The molecule has 2 heterocycles. The Labute approximate surface area is 175 Å². The maximum Gasteiger partial charge on any atom is 0.322 e. The summed E-state index contributed by atoms with van der Waals surface area (Å²) in [6, 6.07) is 6.81. The van der Waals surface area contributed by atoms with Gasteiger partial charge < -0.3 is 19.9 Å². The topological polar surface area (TPSA) is 74.4 Å². The third-order valence-corrected chi connectivity index (χ3v) is 5.40. The van der Waals surface area contributed by atoms with Crippen molar-refractivity contribution in [2.45, 2.75) is 19.6 Å². The first-order chi connectivity index (χ1) is 14.4. The van der Waals surface area contributed by atoms with Gasteiger partial charge in [-0.05, 0) is 48.7 Å². The molecular weight excluding hydrogens is 416 g/mol. The Morgan fingerprint density at radius 3 is 2.80 bits per heavy atom. The van der Waals surface area contributed by atoms with Crippen molar-refractivity contribution in [3.8, 4) is 0 Å². The van der Waals surface area contributed by atoms with E-state index < -0.39 is 23.7 Å². The van der Waals surface area contributed by atoms with Gasteiger partial charge in [0.1, 0.15) is 11.6 Å². The smallest absolute Gasteiger partial charge is 0.322 e. The minimum atomic E-state index is -0.589. The third kappa shape index (κ3) is 3.64. The highest BCUT2D eigenvalue weighted by atomic mass is 35.5. The first-order valence-electron chi connectivity index (χ1n) is 9.33. The molecule has 3 aromatic rings. The van der Waals surface area contributed by atoms with Gasteiger partial charge in [0.05, 0.1) is 24.3 Å². The van der Waals surface area contributed by atoms with Crippen molar-refractivity contribution < 1.29 is 18.3 Å². The average molecular weight is 434 g/mol. The van der Waals surface area contributed by atoms with Crippen molar-refractivity contribution in [2.24, 2.45) is 0 Å². The Balaban J connectivity index is 1.75. The SMILES string of the molecule is CCN(C(=O)Nc1ccc(F)c(Cl)c1)[C@@H]1COCc2[nH]c(=O)c3ccc(F)cc3c21. The molecule has 30 heavy (non-hydrogen) atoms. The quantitative estimate of drug-likeness (QED) is 0.634. The van der Waals surface area contributed by atoms with Crippen LogP contribution in [0.5, 0.6) is 0 Å². The molecule has 0 aliphatic carbocycles. The predicted octanol–water partition coefficient (Wildman–Crippen LogP) is 4.59. The molecule has 0 radical (unpaired) electrons. The van der Waals surface area contributed by atoms with E-state index in [-0.39, 0.29) is 23.8 Å². The summed E-state index contributed by atoms with van der Waals surface area (Å²) >= 11 is 5.79. The number of ether oxygens (including phenoxy) is 1. The molecule has 2 aromatic carbocycles. The Bertz CT molecular complexity index is 1200. The standard InChI is InChI=1S/C21H18ClF2N3O3/c1-2-27(21(29)25-12-4-6-16(24)15(22)8-12)18-10-30-9-17-19(18)14-7-11(23)3-5-13(14)20(28)26-17/h3-8,18H,2,9-10H2,1H3,(H,25,29)(H,26,28)/t18-/m1/s1. The van der Waals surface area contributed by atoms with E-state index >= 15 is 0 Å². The normalized spacial score (nSPS) is 15.7. The fourth-order valence-corrected chi connectivity index (χ4v) is 3.92. The number of rotatable bonds is 3. The highest BCUT2D eigenvalue weighted by Gasteiger charge is 2.32. The summed E-state index contributed by atoms with van der Waals surface area (Å²) in [7, 11) is 0. The molecular formula is C21H18ClF2N3O3. The third-order valence-electron chi connectivity index (χ3n) is 5.11. The van der Waals surface area contributed by atoms with E-state index in [9.17, 15) is 18.4 Å². The number of carbonyl (C=O) groups excluding carboxylic acids is 1. The molecule has 0 saturated carbocycles.